The van der Waals surface area contributed by atoms with Gasteiger partial charge < -0.3 is 15.5 Å². The highest BCUT2D eigenvalue weighted by Gasteiger charge is 2.17. The molecule has 0 aliphatic carbocycles. The summed E-state index contributed by atoms with van der Waals surface area (Å²) < 4.78 is 5.41. The number of carbonyl (C=O) groups is 1. The average Bonchev–Trinajstić information content (AvgIpc) is 2.48. The molecular weight excluding hydrogens is 236 g/mol. The van der Waals surface area contributed by atoms with E-state index in [9.17, 15) is 4.79 Å². The van der Waals surface area contributed by atoms with Gasteiger partial charge in [0.25, 0.3) is 5.91 Å². The molecule has 5 heteroatoms. The Labute approximate surface area is 107 Å². The van der Waals surface area contributed by atoms with Crippen LogP contribution in [-0.2, 0) is 0 Å². The first-order valence-corrected chi connectivity index (χ1v) is 5.97. The Morgan fingerprint density at radius 3 is 2.47 bits per heavy atom. The van der Waals surface area contributed by atoms with Gasteiger partial charge in [0.1, 0.15) is 11.5 Å². The van der Waals surface area contributed by atoms with Crippen molar-refractivity contribution >= 4 is 23.1 Å². The number of hydrogen-bond acceptors (Lipinski definition) is 3. The molecule has 1 amide bonds. The van der Waals surface area contributed by atoms with Gasteiger partial charge in [-0.2, -0.15) is 0 Å². The number of furan rings is 1. The van der Waals surface area contributed by atoms with Gasteiger partial charge >= 0.3 is 0 Å². The van der Waals surface area contributed by atoms with Crippen molar-refractivity contribution in [3.05, 3.63) is 22.6 Å². The van der Waals surface area contributed by atoms with E-state index < -0.39 is 0 Å². The molecule has 0 saturated carbocycles. The smallest absolute Gasteiger partial charge is 0.255 e. The first-order chi connectivity index (χ1) is 7.93. The molecule has 1 aromatic rings. The number of hydrogen-bond donors (Lipinski definition) is 2. The first kappa shape index (κ1) is 13.7. The van der Waals surface area contributed by atoms with Crippen molar-refractivity contribution in [3.63, 3.8) is 0 Å². The van der Waals surface area contributed by atoms with E-state index in [-0.39, 0.29) is 5.91 Å². The van der Waals surface area contributed by atoms with E-state index in [1.165, 1.54) is 0 Å². The molecule has 0 unspecified atom stereocenters. The zero-order valence-corrected chi connectivity index (χ0v) is 11.2. The number of rotatable bonds is 5. The van der Waals surface area contributed by atoms with E-state index in [2.05, 4.69) is 5.32 Å². The molecule has 0 aliphatic heterocycles. The van der Waals surface area contributed by atoms with Gasteiger partial charge in [-0.05, 0) is 33.6 Å². The molecule has 0 fully saturated rings. The van der Waals surface area contributed by atoms with Gasteiger partial charge in [-0.25, -0.2) is 0 Å². The molecule has 0 saturated heterocycles. The van der Waals surface area contributed by atoms with E-state index in [1.807, 2.05) is 13.8 Å². The van der Waals surface area contributed by atoms with Crippen LogP contribution in [0, 0.1) is 20.8 Å². The lowest BCUT2D eigenvalue weighted by molar-refractivity contribution is 0.0951. The van der Waals surface area contributed by atoms with Crippen LogP contribution < -0.4 is 11.1 Å². The second-order valence-electron chi connectivity index (χ2n) is 4.04. The van der Waals surface area contributed by atoms with Gasteiger partial charge in [0, 0.05) is 12.1 Å². The van der Waals surface area contributed by atoms with Gasteiger partial charge in [0.05, 0.1) is 10.6 Å². The molecule has 3 N–H and O–H groups in total. The van der Waals surface area contributed by atoms with E-state index in [1.54, 1.807) is 6.92 Å². The molecule has 0 aromatic carbocycles. The van der Waals surface area contributed by atoms with Crippen LogP contribution in [0.5, 0.6) is 0 Å². The first-order valence-electron chi connectivity index (χ1n) is 5.56. The second kappa shape index (κ2) is 5.82. The molecule has 1 heterocycles. The summed E-state index contributed by atoms with van der Waals surface area (Å²) in [5, 5.41) is 2.84. The molecule has 1 rings (SSSR count). The minimum absolute atomic E-state index is 0.0974. The van der Waals surface area contributed by atoms with Crippen LogP contribution >= 0.6 is 12.2 Å². The van der Waals surface area contributed by atoms with Crippen molar-refractivity contribution in [3.8, 4) is 0 Å². The quantitative estimate of drug-likeness (QED) is 0.623. The van der Waals surface area contributed by atoms with Crippen LogP contribution in [0.1, 0.15) is 40.3 Å². The maximum absolute atomic E-state index is 11.9. The van der Waals surface area contributed by atoms with Gasteiger partial charge in [-0.3, -0.25) is 4.79 Å². The van der Waals surface area contributed by atoms with Crippen molar-refractivity contribution in [2.45, 2.75) is 33.6 Å². The lowest BCUT2D eigenvalue weighted by Crippen LogP contribution is -2.26. The molecule has 0 atom stereocenters. The SMILES string of the molecule is Cc1oc(C)c(C(=O)NCCCC(N)=S)c1C. The fourth-order valence-electron chi connectivity index (χ4n) is 1.68. The number of carbonyl (C=O) groups excluding carboxylic acids is 1. The molecule has 94 valence electrons. The molecule has 0 spiro atoms. The Bertz CT molecular complexity index is 438. The van der Waals surface area contributed by atoms with Gasteiger partial charge in [0.15, 0.2) is 0 Å². The maximum atomic E-state index is 11.9. The summed E-state index contributed by atoms with van der Waals surface area (Å²) in [6, 6.07) is 0. The van der Waals surface area contributed by atoms with E-state index in [0.29, 0.717) is 29.3 Å². The maximum Gasteiger partial charge on any atom is 0.255 e. The third-order valence-corrected chi connectivity index (χ3v) is 2.88. The fourth-order valence-corrected chi connectivity index (χ4v) is 1.82. The Hall–Kier alpha value is -1.36. The second-order valence-corrected chi connectivity index (χ2v) is 4.56. The molecular formula is C12H18N2O2S. The van der Waals surface area contributed by atoms with Crippen LogP contribution in [0.3, 0.4) is 0 Å². The highest BCUT2D eigenvalue weighted by atomic mass is 32.1. The van der Waals surface area contributed by atoms with Crippen LogP contribution in [-0.4, -0.2) is 17.4 Å². The molecule has 0 bridgehead atoms. The minimum Gasteiger partial charge on any atom is -0.466 e. The third-order valence-electron chi connectivity index (χ3n) is 2.67. The summed E-state index contributed by atoms with van der Waals surface area (Å²) in [4.78, 5) is 12.4. The molecule has 1 aromatic heterocycles. The molecule has 0 radical (unpaired) electrons. The Kier molecular flexibility index (Phi) is 4.69. The number of nitrogens with two attached hydrogens (primary N) is 1. The average molecular weight is 254 g/mol. The number of thiocarbonyl (C=S) groups is 1. The third kappa shape index (κ3) is 3.56. The predicted molar refractivity (Wildman–Crippen MR) is 71.3 cm³/mol. The number of aryl methyl sites for hydroxylation is 2. The van der Waals surface area contributed by atoms with E-state index >= 15 is 0 Å². The predicted octanol–water partition coefficient (Wildman–Crippen LogP) is 2.00. The number of nitrogens with one attached hydrogen (secondary N) is 1. The Morgan fingerprint density at radius 2 is 2.00 bits per heavy atom. The van der Waals surface area contributed by atoms with Crippen molar-refractivity contribution in [1.82, 2.24) is 5.32 Å². The van der Waals surface area contributed by atoms with Crippen LogP contribution in [0.2, 0.25) is 0 Å². The van der Waals surface area contributed by atoms with Crippen molar-refractivity contribution in [2.24, 2.45) is 5.73 Å². The van der Waals surface area contributed by atoms with Crippen molar-refractivity contribution in [2.75, 3.05) is 6.54 Å². The van der Waals surface area contributed by atoms with Crippen molar-refractivity contribution < 1.29 is 9.21 Å². The number of amides is 1. The topological polar surface area (TPSA) is 68.3 Å². The van der Waals surface area contributed by atoms with Crippen molar-refractivity contribution in [1.29, 1.82) is 0 Å². The normalized spacial score (nSPS) is 10.3. The highest BCUT2D eigenvalue weighted by molar-refractivity contribution is 7.80. The van der Waals surface area contributed by atoms with E-state index in [4.69, 9.17) is 22.4 Å². The van der Waals surface area contributed by atoms with E-state index in [0.717, 1.165) is 17.7 Å². The lowest BCUT2D eigenvalue weighted by Gasteiger charge is -2.04. The summed E-state index contributed by atoms with van der Waals surface area (Å²) in [5.41, 5.74) is 6.91. The summed E-state index contributed by atoms with van der Waals surface area (Å²) >= 11 is 4.76. The zero-order valence-electron chi connectivity index (χ0n) is 10.4. The van der Waals surface area contributed by atoms with Crippen LogP contribution in [0.4, 0.5) is 0 Å². The molecule has 0 aliphatic rings. The summed E-state index contributed by atoms with van der Waals surface area (Å²) in [6.45, 7) is 6.10. The summed E-state index contributed by atoms with van der Waals surface area (Å²) in [5.74, 6) is 1.35. The minimum atomic E-state index is -0.0974. The summed E-state index contributed by atoms with van der Waals surface area (Å²) in [6.07, 6.45) is 1.41. The molecule has 4 nitrogen and oxygen atoms in total. The highest BCUT2D eigenvalue weighted by Crippen LogP contribution is 2.20. The molecule has 17 heavy (non-hydrogen) atoms. The van der Waals surface area contributed by atoms with Gasteiger partial charge in [-0.1, -0.05) is 12.2 Å². The van der Waals surface area contributed by atoms with Gasteiger partial charge in [0.2, 0.25) is 0 Å². The standard InChI is InChI=1S/C12H18N2O2S/c1-7-8(2)16-9(3)11(7)12(15)14-6-4-5-10(13)17/h4-6H2,1-3H3,(H2,13,17)(H,14,15). The largest absolute Gasteiger partial charge is 0.466 e. The Morgan fingerprint density at radius 1 is 1.35 bits per heavy atom. The Balaban J connectivity index is 2.55. The summed E-state index contributed by atoms with van der Waals surface area (Å²) in [7, 11) is 0. The van der Waals surface area contributed by atoms with Gasteiger partial charge in [-0.15, -0.1) is 0 Å². The van der Waals surface area contributed by atoms with Crippen LogP contribution in [0.15, 0.2) is 4.42 Å². The zero-order chi connectivity index (χ0) is 13.0. The lowest BCUT2D eigenvalue weighted by atomic mass is 10.1. The monoisotopic (exact) mass is 254 g/mol. The fraction of sp³-hybridized carbons (Fsp3) is 0.500. The van der Waals surface area contributed by atoms with Crippen LogP contribution in [0.25, 0.3) is 0 Å².